The number of hydrogen-bond acceptors (Lipinski definition) is 6. The van der Waals surface area contributed by atoms with Crippen LogP contribution in [0.25, 0.3) is 11.3 Å². The summed E-state index contributed by atoms with van der Waals surface area (Å²) in [5.74, 6) is 0.493. The number of ether oxygens (including phenoxy) is 1. The molecule has 1 aromatic carbocycles. The number of nitrogens with one attached hydrogen (secondary N) is 1. The van der Waals surface area contributed by atoms with Gasteiger partial charge in [0, 0.05) is 30.2 Å². The molecule has 1 amide bonds. The van der Waals surface area contributed by atoms with Gasteiger partial charge < -0.3 is 9.64 Å². The number of anilines is 2. The molecule has 6 nitrogen and oxygen atoms in total. The predicted molar refractivity (Wildman–Crippen MR) is 112 cm³/mol. The van der Waals surface area contributed by atoms with Crippen molar-refractivity contribution in [2.45, 2.75) is 13.3 Å². The third-order valence-corrected chi connectivity index (χ3v) is 5.48. The maximum absolute atomic E-state index is 12.9. The molecule has 1 aliphatic rings. The normalized spacial score (nSPS) is 14.1. The fraction of sp³-hybridized carbons (Fsp3) is 0.286. The number of aryl methyl sites for hydroxylation is 1. The lowest BCUT2D eigenvalue weighted by Gasteiger charge is -2.29. The lowest BCUT2D eigenvalue weighted by molar-refractivity contribution is 0.102. The van der Waals surface area contributed by atoms with Gasteiger partial charge in [-0.05, 0) is 24.1 Å². The number of morpholine rings is 1. The fourth-order valence-electron chi connectivity index (χ4n) is 3.14. The van der Waals surface area contributed by atoms with Crippen molar-refractivity contribution >= 4 is 28.2 Å². The predicted octanol–water partition coefficient (Wildman–Crippen LogP) is 3.86. The fourth-order valence-corrected chi connectivity index (χ4v) is 3.86. The minimum Gasteiger partial charge on any atom is -0.378 e. The van der Waals surface area contributed by atoms with Gasteiger partial charge in [-0.15, -0.1) is 11.3 Å². The average Bonchev–Trinajstić information content (AvgIpc) is 3.23. The zero-order valence-corrected chi connectivity index (χ0v) is 16.5. The van der Waals surface area contributed by atoms with Crippen LogP contribution < -0.4 is 10.2 Å². The smallest absolute Gasteiger partial charge is 0.261 e. The van der Waals surface area contributed by atoms with Crippen LogP contribution in [0.4, 0.5) is 10.9 Å². The van der Waals surface area contributed by atoms with Gasteiger partial charge in [-0.25, -0.2) is 9.97 Å². The summed E-state index contributed by atoms with van der Waals surface area (Å²) in [5, 5.41) is 5.46. The standard InChI is InChI=1S/C21H22N4O2S/c1-2-15-5-7-16(8-6-15)18-14-28-21(23-18)24-20(26)17-4-3-9-22-19(17)25-10-12-27-13-11-25/h3-9,14H,2,10-13H2,1H3,(H,23,24,26). The minimum atomic E-state index is -0.197. The van der Waals surface area contributed by atoms with Crippen molar-refractivity contribution in [2.24, 2.45) is 0 Å². The van der Waals surface area contributed by atoms with Crippen LogP contribution in [-0.2, 0) is 11.2 Å². The molecule has 3 heterocycles. The van der Waals surface area contributed by atoms with Gasteiger partial charge in [0.05, 0.1) is 24.5 Å². The van der Waals surface area contributed by atoms with E-state index in [1.54, 1.807) is 18.3 Å². The first-order valence-corrected chi connectivity index (χ1v) is 10.3. The molecule has 1 N–H and O–H groups in total. The molecule has 7 heteroatoms. The van der Waals surface area contributed by atoms with Gasteiger partial charge in [0.2, 0.25) is 0 Å². The Morgan fingerprint density at radius 2 is 2.00 bits per heavy atom. The molecule has 28 heavy (non-hydrogen) atoms. The maximum atomic E-state index is 12.9. The third kappa shape index (κ3) is 4.05. The minimum absolute atomic E-state index is 0.197. The van der Waals surface area contributed by atoms with Gasteiger partial charge >= 0.3 is 0 Å². The number of hydrogen-bond donors (Lipinski definition) is 1. The zero-order valence-electron chi connectivity index (χ0n) is 15.7. The quantitative estimate of drug-likeness (QED) is 0.712. The molecular weight excluding hydrogens is 372 g/mol. The second kappa shape index (κ2) is 8.50. The Morgan fingerprint density at radius 3 is 2.75 bits per heavy atom. The molecular formula is C21H22N4O2S. The molecule has 0 saturated carbocycles. The Kier molecular flexibility index (Phi) is 5.64. The molecule has 0 unspecified atom stereocenters. The summed E-state index contributed by atoms with van der Waals surface area (Å²) < 4.78 is 5.40. The summed E-state index contributed by atoms with van der Waals surface area (Å²) in [6.07, 6.45) is 2.72. The Hall–Kier alpha value is -2.77. The summed E-state index contributed by atoms with van der Waals surface area (Å²) in [6.45, 7) is 4.88. The van der Waals surface area contributed by atoms with Gasteiger partial charge in [-0.2, -0.15) is 0 Å². The summed E-state index contributed by atoms with van der Waals surface area (Å²) in [5.41, 5.74) is 3.75. The van der Waals surface area contributed by atoms with Crippen molar-refractivity contribution in [1.82, 2.24) is 9.97 Å². The van der Waals surface area contributed by atoms with Crippen molar-refractivity contribution in [3.8, 4) is 11.3 Å². The van der Waals surface area contributed by atoms with E-state index in [-0.39, 0.29) is 5.91 Å². The number of pyridine rings is 1. The Labute approximate surface area is 168 Å². The molecule has 0 bridgehead atoms. The summed E-state index contributed by atoms with van der Waals surface area (Å²) in [4.78, 5) is 24.0. The molecule has 0 radical (unpaired) electrons. The summed E-state index contributed by atoms with van der Waals surface area (Å²) >= 11 is 1.42. The van der Waals surface area contributed by atoms with Crippen molar-refractivity contribution in [3.05, 3.63) is 59.1 Å². The molecule has 0 spiro atoms. The summed E-state index contributed by atoms with van der Waals surface area (Å²) in [6, 6.07) is 11.9. The monoisotopic (exact) mass is 394 g/mol. The van der Waals surface area contributed by atoms with Crippen LogP contribution in [0.1, 0.15) is 22.8 Å². The van der Waals surface area contributed by atoms with E-state index in [0.29, 0.717) is 29.7 Å². The number of rotatable bonds is 5. The first kappa shape index (κ1) is 18.6. The van der Waals surface area contributed by atoms with Crippen LogP contribution in [0.15, 0.2) is 48.0 Å². The number of amides is 1. The number of aromatic nitrogens is 2. The van der Waals surface area contributed by atoms with Gasteiger partial charge in [0.25, 0.3) is 5.91 Å². The van der Waals surface area contributed by atoms with Crippen LogP contribution in [0.2, 0.25) is 0 Å². The van der Waals surface area contributed by atoms with Crippen LogP contribution in [0, 0.1) is 0 Å². The third-order valence-electron chi connectivity index (χ3n) is 4.72. The number of benzene rings is 1. The van der Waals surface area contributed by atoms with Crippen LogP contribution in [-0.4, -0.2) is 42.2 Å². The Morgan fingerprint density at radius 1 is 1.21 bits per heavy atom. The second-order valence-corrected chi connectivity index (χ2v) is 7.37. The van der Waals surface area contributed by atoms with Gasteiger partial charge in [0.15, 0.2) is 5.13 Å². The number of carbonyl (C=O) groups excluding carboxylic acids is 1. The largest absolute Gasteiger partial charge is 0.378 e. The number of nitrogens with zero attached hydrogens (tertiary/aromatic N) is 3. The summed E-state index contributed by atoms with van der Waals surface area (Å²) in [7, 11) is 0. The van der Waals surface area contributed by atoms with E-state index in [1.807, 2.05) is 5.38 Å². The number of thiazole rings is 1. The van der Waals surface area contributed by atoms with Crippen LogP contribution in [0.5, 0.6) is 0 Å². The molecule has 4 rings (SSSR count). The van der Waals surface area contributed by atoms with Gasteiger partial charge in [-0.3, -0.25) is 10.1 Å². The Balaban J connectivity index is 1.51. The van der Waals surface area contributed by atoms with E-state index in [0.717, 1.165) is 30.8 Å². The molecule has 0 aliphatic carbocycles. The van der Waals surface area contributed by atoms with Crippen molar-refractivity contribution in [3.63, 3.8) is 0 Å². The van der Waals surface area contributed by atoms with Crippen LogP contribution in [0.3, 0.4) is 0 Å². The maximum Gasteiger partial charge on any atom is 0.261 e. The van der Waals surface area contributed by atoms with Gasteiger partial charge in [0.1, 0.15) is 5.82 Å². The highest BCUT2D eigenvalue weighted by Gasteiger charge is 2.20. The van der Waals surface area contributed by atoms with E-state index >= 15 is 0 Å². The van der Waals surface area contributed by atoms with Crippen molar-refractivity contribution in [2.75, 3.05) is 36.5 Å². The van der Waals surface area contributed by atoms with E-state index in [1.165, 1.54) is 16.9 Å². The number of carbonyl (C=O) groups is 1. The first-order valence-electron chi connectivity index (χ1n) is 9.38. The first-order chi connectivity index (χ1) is 13.7. The van der Waals surface area contributed by atoms with E-state index in [2.05, 4.69) is 51.4 Å². The topological polar surface area (TPSA) is 67.4 Å². The average molecular weight is 395 g/mol. The molecule has 1 saturated heterocycles. The molecule has 144 valence electrons. The highest BCUT2D eigenvalue weighted by Crippen LogP contribution is 2.26. The lowest BCUT2D eigenvalue weighted by Crippen LogP contribution is -2.38. The van der Waals surface area contributed by atoms with E-state index in [9.17, 15) is 4.79 Å². The van der Waals surface area contributed by atoms with E-state index < -0.39 is 0 Å². The zero-order chi connectivity index (χ0) is 19.3. The molecule has 0 atom stereocenters. The molecule has 1 aliphatic heterocycles. The second-order valence-electron chi connectivity index (χ2n) is 6.52. The van der Waals surface area contributed by atoms with Crippen molar-refractivity contribution < 1.29 is 9.53 Å². The highest BCUT2D eigenvalue weighted by atomic mass is 32.1. The molecule has 2 aromatic heterocycles. The van der Waals surface area contributed by atoms with Crippen LogP contribution >= 0.6 is 11.3 Å². The van der Waals surface area contributed by atoms with Gasteiger partial charge in [-0.1, -0.05) is 31.2 Å². The molecule has 1 fully saturated rings. The lowest BCUT2D eigenvalue weighted by atomic mass is 10.1. The Bertz CT molecular complexity index is 949. The van der Waals surface area contributed by atoms with Crippen molar-refractivity contribution in [1.29, 1.82) is 0 Å². The molecule has 3 aromatic rings. The van der Waals surface area contributed by atoms with E-state index in [4.69, 9.17) is 4.74 Å². The SMILES string of the molecule is CCc1ccc(-c2csc(NC(=O)c3cccnc3N3CCOCC3)n2)cc1. The highest BCUT2D eigenvalue weighted by molar-refractivity contribution is 7.14.